The first-order valence-corrected chi connectivity index (χ1v) is 7.47. The maximum atomic E-state index is 9.67. The van der Waals surface area contributed by atoms with Gasteiger partial charge in [-0.05, 0) is 25.7 Å². The zero-order valence-corrected chi connectivity index (χ0v) is 12.1. The number of aliphatic hydroxyl groups excluding tert-OH is 1. The summed E-state index contributed by atoms with van der Waals surface area (Å²) in [6.45, 7) is 4.41. The number of aliphatic hydroxyl groups is 1. The third-order valence-electron chi connectivity index (χ3n) is 2.82. The number of hydrogen-bond acceptors (Lipinski definition) is 1. The van der Waals surface area contributed by atoms with Crippen molar-refractivity contribution in [1.29, 1.82) is 0 Å². The minimum Gasteiger partial charge on any atom is -0.389 e. The maximum Gasteiger partial charge on any atom is 0.0758 e. The van der Waals surface area contributed by atoms with Crippen LogP contribution in [0, 0.1) is 0 Å². The van der Waals surface area contributed by atoms with Gasteiger partial charge in [0, 0.05) is 0 Å². The minimum atomic E-state index is -0.344. The van der Waals surface area contributed by atoms with Crippen LogP contribution >= 0.6 is 0 Å². The third kappa shape index (κ3) is 13.2. The van der Waals surface area contributed by atoms with E-state index in [2.05, 4.69) is 32.1 Å². The molecule has 0 aromatic heterocycles. The molecule has 0 aromatic carbocycles. The highest BCUT2D eigenvalue weighted by atomic mass is 16.3. The third-order valence-corrected chi connectivity index (χ3v) is 2.82. The van der Waals surface area contributed by atoms with Crippen molar-refractivity contribution in [2.45, 2.75) is 71.3 Å². The molecule has 104 valence electrons. The van der Waals surface area contributed by atoms with Gasteiger partial charge in [0.05, 0.1) is 6.10 Å². The average molecular weight is 250 g/mol. The summed E-state index contributed by atoms with van der Waals surface area (Å²) >= 11 is 0. The van der Waals surface area contributed by atoms with Crippen LogP contribution in [0.25, 0.3) is 0 Å². The molecule has 0 aliphatic heterocycles. The molecule has 0 aliphatic carbocycles. The summed E-state index contributed by atoms with van der Waals surface area (Å²) in [7, 11) is 0. The highest BCUT2D eigenvalue weighted by Crippen LogP contribution is 2.01. The highest BCUT2D eigenvalue weighted by Gasteiger charge is 1.92. The van der Waals surface area contributed by atoms with Crippen molar-refractivity contribution >= 4 is 0 Å². The lowest BCUT2D eigenvalue weighted by atomic mass is 10.1. The van der Waals surface area contributed by atoms with E-state index in [0.717, 1.165) is 19.3 Å². The molecule has 0 spiro atoms. The quantitative estimate of drug-likeness (QED) is 0.304. The van der Waals surface area contributed by atoms with Crippen LogP contribution in [0.4, 0.5) is 0 Å². The van der Waals surface area contributed by atoms with Gasteiger partial charge < -0.3 is 5.11 Å². The lowest BCUT2D eigenvalue weighted by molar-refractivity contribution is 0.227. The van der Waals surface area contributed by atoms with Crippen LogP contribution in [0.3, 0.4) is 0 Å². The number of rotatable bonds is 11. The molecule has 1 heteroatoms. The molecular formula is C17H30O. The van der Waals surface area contributed by atoms with Crippen LogP contribution in [-0.4, -0.2) is 11.2 Å². The van der Waals surface area contributed by atoms with E-state index in [-0.39, 0.29) is 6.10 Å². The zero-order valence-electron chi connectivity index (χ0n) is 12.1. The monoisotopic (exact) mass is 250 g/mol. The molecule has 0 aliphatic rings. The summed E-state index contributed by atoms with van der Waals surface area (Å²) < 4.78 is 0. The second-order valence-corrected chi connectivity index (χ2v) is 4.73. The fourth-order valence-electron chi connectivity index (χ4n) is 1.63. The van der Waals surface area contributed by atoms with Crippen LogP contribution in [-0.2, 0) is 0 Å². The van der Waals surface area contributed by atoms with E-state index in [4.69, 9.17) is 0 Å². The Bertz CT molecular complexity index is 238. The standard InChI is InChI=1S/C17H30O/c1-3-5-7-9-10-12-14-16-17(18)15-13-11-8-6-4-2/h10-14,16-18H,3-9,15H2,1-2H3. The Labute approximate surface area is 113 Å². The minimum absolute atomic E-state index is 0.344. The van der Waals surface area contributed by atoms with Crippen molar-refractivity contribution in [1.82, 2.24) is 0 Å². The lowest BCUT2D eigenvalue weighted by Crippen LogP contribution is -1.98. The maximum absolute atomic E-state index is 9.67. The molecular weight excluding hydrogens is 220 g/mol. The van der Waals surface area contributed by atoms with Crippen molar-refractivity contribution in [2.75, 3.05) is 0 Å². The largest absolute Gasteiger partial charge is 0.389 e. The van der Waals surface area contributed by atoms with E-state index in [1.54, 1.807) is 0 Å². The van der Waals surface area contributed by atoms with Crippen molar-refractivity contribution in [3.63, 3.8) is 0 Å². The second kappa shape index (κ2) is 14.2. The Kier molecular flexibility index (Phi) is 13.6. The van der Waals surface area contributed by atoms with Crippen molar-refractivity contribution in [3.05, 3.63) is 36.5 Å². The van der Waals surface area contributed by atoms with E-state index in [1.165, 1.54) is 32.1 Å². The van der Waals surface area contributed by atoms with Gasteiger partial charge in [0.1, 0.15) is 0 Å². The molecule has 1 atom stereocenters. The number of unbranched alkanes of at least 4 members (excludes halogenated alkanes) is 5. The predicted octanol–water partition coefficient (Wildman–Crippen LogP) is 5.18. The van der Waals surface area contributed by atoms with E-state index in [0.29, 0.717) is 0 Å². The van der Waals surface area contributed by atoms with Gasteiger partial charge in [-0.2, -0.15) is 0 Å². The number of hydrogen-bond donors (Lipinski definition) is 1. The van der Waals surface area contributed by atoms with Gasteiger partial charge in [-0.1, -0.05) is 76.0 Å². The van der Waals surface area contributed by atoms with Gasteiger partial charge in [0.25, 0.3) is 0 Å². The smallest absolute Gasteiger partial charge is 0.0758 e. The van der Waals surface area contributed by atoms with Crippen molar-refractivity contribution in [3.8, 4) is 0 Å². The summed E-state index contributed by atoms with van der Waals surface area (Å²) in [4.78, 5) is 0. The molecule has 1 nitrogen and oxygen atoms in total. The first kappa shape index (κ1) is 17.2. The average Bonchev–Trinajstić information content (AvgIpc) is 2.37. The molecule has 0 heterocycles. The Morgan fingerprint density at radius 2 is 1.56 bits per heavy atom. The Hall–Kier alpha value is -0.820. The molecule has 1 N–H and O–H groups in total. The molecule has 0 bridgehead atoms. The van der Waals surface area contributed by atoms with Gasteiger partial charge in [-0.3, -0.25) is 0 Å². The Morgan fingerprint density at radius 3 is 2.28 bits per heavy atom. The lowest BCUT2D eigenvalue weighted by Gasteiger charge is -1.99. The first-order chi connectivity index (χ1) is 8.81. The summed E-state index contributed by atoms with van der Waals surface area (Å²) in [5.41, 5.74) is 0. The van der Waals surface area contributed by atoms with Crippen LogP contribution in [0.2, 0.25) is 0 Å². The van der Waals surface area contributed by atoms with Crippen LogP contribution in [0.5, 0.6) is 0 Å². The van der Waals surface area contributed by atoms with E-state index < -0.39 is 0 Å². The highest BCUT2D eigenvalue weighted by molar-refractivity contribution is 5.05. The van der Waals surface area contributed by atoms with Crippen molar-refractivity contribution < 1.29 is 5.11 Å². The molecule has 0 aromatic rings. The predicted molar refractivity (Wildman–Crippen MR) is 81.7 cm³/mol. The summed E-state index contributed by atoms with van der Waals surface area (Å²) in [5, 5.41) is 9.67. The summed E-state index contributed by atoms with van der Waals surface area (Å²) in [5.74, 6) is 0. The molecule has 0 rings (SSSR count). The molecule has 18 heavy (non-hydrogen) atoms. The molecule has 0 fully saturated rings. The SMILES string of the molecule is CCCCC=CCC(O)C=CC=CCCCCC. The van der Waals surface area contributed by atoms with Gasteiger partial charge in [0.2, 0.25) is 0 Å². The van der Waals surface area contributed by atoms with Gasteiger partial charge in [-0.25, -0.2) is 0 Å². The molecule has 0 radical (unpaired) electrons. The Balaban J connectivity index is 3.54. The van der Waals surface area contributed by atoms with Crippen LogP contribution < -0.4 is 0 Å². The molecule has 1 unspecified atom stereocenters. The Morgan fingerprint density at radius 1 is 0.833 bits per heavy atom. The van der Waals surface area contributed by atoms with E-state index in [9.17, 15) is 5.11 Å². The van der Waals surface area contributed by atoms with Gasteiger partial charge in [-0.15, -0.1) is 0 Å². The van der Waals surface area contributed by atoms with Gasteiger partial charge >= 0.3 is 0 Å². The molecule has 0 saturated heterocycles. The molecule has 0 amide bonds. The van der Waals surface area contributed by atoms with Crippen LogP contribution in [0.1, 0.15) is 65.2 Å². The fraction of sp³-hybridized carbons (Fsp3) is 0.647. The summed E-state index contributed by atoms with van der Waals surface area (Å²) in [6, 6.07) is 0. The second-order valence-electron chi connectivity index (χ2n) is 4.73. The zero-order chi connectivity index (χ0) is 13.5. The molecule has 0 saturated carbocycles. The fourth-order valence-corrected chi connectivity index (χ4v) is 1.63. The van der Waals surface area contributed by atoms with Gasteiger partial charge in [0.15, 0.2) is 0 Å². The van der Waals surface area contributed by atoms with Crippen LogP contribution in [0.15, 0.2) is 36.5 Å². The van der Waals surface area contributed by atoms with E-state index >= 15 is 0 Å². The van der Waals surface area contributed by atoms with E-state index in [1.807, 2.05) is 18.2 Å². The summed E-state index contributed by atoms with van der Waals surface area (Å²) in [6.07, 6.45) is 21.2. The first-order valence-electron chi connectivity index (χ1n) is 7.47. The van der Waals surface area contributed by atoms with Crippen molar-refractivity contribution in [2.24, 2.45) is 0 Å². The normalized spacial score (nSPS) is 14.2. The number of allylic oxidation sites excluding steroid dienone is 4. The topological polar surface area (TPSA) is 20.2 Å².